The zero-order valence-corrected chi connectivity index (χ0v) is 52.0. The quantitative estimate of drug-likeness (QED) is 0.0261. The summed E-state index contributed by atoms with van der Waals surface area (Å²) in [5.74, 6) is -0.980. The number of rotatable bonds is 57. The van der Waals surface area contributed by atoms with Crippen LogP contribution in [0.25, 0.3) is 0 Å². The molecule has 6 nitrogen and oxygen atoms in total. The van der Waals surface area contributed by atoms with Gasteiger partial charge in [0.25, 0.3) is 0 Å². The van der Waals surface area contributed by atoms with Crippen LogP contribution in [0.1, 0.15) is 265 Å². The topological polar surface area (TPSA) is 78.9 Å². The van der Waals surface area contributed by atoms with Crippen LogP contribution >= 0.6 is 0 Å². The van der Waals surface area contributed by atoms with Crippen molar-refractivity contribution in [3.63, 3.8) is 0 Å². The van der Waals surface area contributed by atoms with E-state index in [2.05, 4.69) is 191 Å². The molecule has 6 heteroatoms. The Hall–Kier alpha value is -5.23. The average Bonchev–Trinajstić information content (AvgIpc) is 3.47. The highest BCUT2D eigenvalue weighted by molar-refractivity contribution is 5.71. The summed E-state index contributed by atoms with van der Waals surface area (Å²) >= 11 is 0. The van der Waals surface area contributed by atoms with Gasteiger partial charge in [-0.25, -0.2) is 0 Å². The van der Waals surface area contributed by atoms with Gasteiger partial charge in [0, 0.05) is 19.3 Å². The molecule has 81 heavy (non-hydrogen) atoms. The Morgan fingerprint density at radius 3 is 0.802 bits per heavy atom. The van der Waals surface area contributed by atoms with Gasteiger partial charge in [0.2, 0.25) is 0 Å². The van der Waals surface area contributed by atoms with Crippen molar-refractivity contribution in [1.29, 1.82) is 0 Å². The third kappa shape index (κ3) is 65.5. The van der Waals surface area contributed by atoms with Crippen LogP contribution in [-0.4, -0.2) is 37.2 Å². The van der Waals surface area contributed by atoms with Gasteiger partial charge in [0.15, 0.2) is 6.10 Å². The molecule has 0 saturated carbocycles. The van der Waals surface area contributed by atoms with Crippen LogP contribution < -0.4 is 0 Å². The first-order valence-corrected chi connectivity index (χ1v) is 32.6. The van der Waals surface area contributed by atoms with Gasteiger partial charge >= 0.3 is 17.9 Å². The zero-order chi connectivity index (χ0) is 58.5. The van der Waals surface area contributed by atoms with Crippen LogP contribution in [0.3, 0.4) is 0 Å². The molecule has 0 aromatic rings. The fourth-order valence-corrected chi connectivity index (χ4v) is 8.41. The molecule has 0 N–H and O–H groups in total. The van der Waals surface area contributed by atoms with Crippen molar-refractivity contribution in [2.45, 2.75) is 271 Å². The summed E-state index contributed by atoms with van der Waals surface area (Å²) in [6, 6.07) is 0. The molecule has 1 atom stereocenters. The number of allylic oxidation sites excluding steroid dienone is 28. The maximum absolute atomic E-state index is 12.9. The predicted octanol–water partition coefficient (Wildman–Crippen LogP) is 22.7. The molecule has 0 amide bonds. The van der Waals surface area contributed by atoms with Gasteiger partial charge in [-0.1, -0.05) is 287 Å². The molecular weight excluding hydrogens is 997 g/mol. The molecule has 1 unspecified atom stereocenters. The number of esters is 3. The minimum Gasteiger partial charge on any atom is -0.462 e. The van der Waals surface area contributed by atoms with Gasteiger partial charge in [0.1, 0.15) is 13.2 Å². The lowest BCUT2D eigenvalue weighted by molar-refractivity contribution is -0.167. The third-order valence-electron chi connectivity index (χ3n) is 13.2. The van der Waals surface area contributed by atoms with Crippen molar-refractivity contribution in [3.8, 4) is 0 Å². The van der Waals surface area contributed by atoms with Crippen LogP contribution in [-0.2, 0) is 28.6 Å². The molecule has 0 aliphatic heterocycles. The second kappa shape index (κ2) is 67.3. The Bertz CT molecular complexity index is 1860. The molecule has 0 bridgehead atoms. The van der Waals surface area contributed by atoms with Crippen LogP contribution in [0, 0.1) is 0 Å². The van der Waals surface area contributed by atoms with Gasteiger partial charge in [-0.3, -0.25) is 14.4 Å². The van der Waals surface area contributed by atoms with Gasteiger partial charge in [0.05, 0.1) is 0 Å². The molecule has 0 aliphatic carbocycles. The number of ether oxygens (including phenoxy) is 3. The minimum absolute atomic E-state index is 0.104. The lowest BCUT2D eigenvalue weighted by atomic mass is 10.1. The second-order valence-electron chi connectivity index (χ2n) is 20.9. The smallest absolute Gasteiger partial charge is 0.306 e. The number of hydrogen-bond donors (Lipinski definition) is 0. The van der Waals surface area contributed by atoms with E-state index in [1.165, 1.54) is 77.0 Å². The Morgan fingerprint density at radius 2 is 0.494 bits per heavy atom. The third-order valence-corrected chi connectivity index (χ3v) is 13.2. The normalized spacial score (nSPS) is 13.3. The van der Waals surface area contributed by atoms with Crippen molar-refractivity contribution in [2.24, 2.45) is 0 Å². The summed E-state index contributed by atoms with van der Waals surface area (Å²) in [7, 11) is 0. The summed E-state index contributed by atoms with van der Waals surface area (Å²) in [6.45, 7) is 6.33. The summed E-state index contributed by atoms with van der Waals surface area (Å²) in [6.07, 6.45) is 99.5. The standard InChI is InChI=1S/C75H118O6/c1-4-7-10-13-16-19-21-23-25-27-29-31-33-35-36-37-38-40-41-43-45-47-49-51-53-56-59-62-65-68-74(77)80-71-72(70-79-73(76)67-64-61-58-55-18-15-12-9-6-3)81-75(78)69-66-63-60-57-54-52-50-48-46-44-42-39-34-32-30-28-26-24-22-20-17-14-11-8-5-2/h7-8,10-11,16-17,19-20,23-26,29-32,35-36,38-40,42-43,45,49,51,56,59,72H,4-6,9,12-15,18,21-22,27-28,33-34,37,41,44,46-48,50,52-55,57-58,60-71H2,1-3H3/b10-7-,11-8-,19-16-,20-17-,25-23-,26-24-,31-29-,32-30-,36-35-,40-38-,42-39-,45-43-,51-49-,59-56-. The summed E-state index contributed by atoms with van der Waals surface area (Å²) in [5, 5.41) is 0. The lowest BCUT2D eigenvalue weighted by Gasteiger charge is -2.18. The highest BCUT2D eigenvalue weighted by Gasteiger charge is 2.19. The van der Waals surface area contributed by atoms with Crippen molar-refractivity contribution >= 4 is 17.9 Å². The number of carbonyl (C=O) groups is 3. The molecule has 454 valence electrons. The molecule has 0 spiro atoms. The Balaban J connectivity index is 4.37. The van der Waals surface area contributed by atoms with Gasteiger partial charge in [-0.05, 0) is 128 Å². The van der Waals surface area contributed by atoms with E-state index in [1.807, 2.05) is 0 Å². The molecule has 0 aliphatic rings. The SMILES string of the molecule is CC/C=C\C/C=C\C/C=C\C/C=C\C/C=C\C/C=C\C/C=C\C/C=C\C/C=C\CCCC(=O)OCC(COC(=O)CCCCCCCCCCC)OC(=O)CCCCCCCCCCC/C=C\C/C=C\C/C=C\C/C=C\C/C=C\CC. The van der Waals surface area contributed by atoms with Crippen molar-refractivity contribution < 1.29 is 28.6 Å². The maximum Gasteiger partial charge on any atom is 0.306 e. The van der Waals surface area contributed by atoms with Crippen molar-refractivity contribution in [1.82, 2.24) is 0 Å². The molecular formula is C75H118O6. The maximum atomic E-state index is 12.9. The van der Waals surface area contributed by atoms with E-state index in [1.54, 1.807) is 0 Å². The van der Waals surface area contributed by atoms with Crippen LogP contribution in [0.4, 0.5) is 0 Å². The fraction of sp³-hybridized carbons (Fsp3) is 0.587. The predicted molar refractivity (Wildman–Crippen MR) is 352 cm³/mol. The van der Waals surface area contributed by atoms with Crippen LogP contribution in [0.5, 0.6) is 0 Å². The Morgan fingerprint density at radius 1 is 0.259 bits per heavy atom. The van der Waals surface area contributed by atoms with Gasteiger partial charge < -0.3 is 14.2 Å². The van der Waals surface area contributed by atoms with Gasteiger partial charge in [-0.15, -0.1) is 0 Å². The summed E-state index contributed by atoms with van der Waals surface area (Å²) in [4.78, 5) is 38.2. The Kier molecular flexibility index (Phi) is 62.9. The highest BCUT2D eigenvalue weighted by atomic mass is 16.6. The van der Waals surface area contributed by atoms with E-state index in [9.17, 15) is 14.4 Å². The fourth-order valence-electron chi connectivity index (χ4n) is 8.41. The number of carbonyl (C=O) groups excluding carboxylic acids is 3. The summed E-state index contributed by atoms with van der Waals surface area (Å²) in [5.41, 5.74) is 0. The molecule has 0 aromatic heterocycles. The summed E-state index contributed by atoms with van der Waals surface area (Å²) < 4.78 is 16.8. The highest BCUT2D eigenvalue weighted by Crippen LogP contribution is 2.15. The lowest BCUT2D eigenvalue weighted by Crippen LogP contribution is -2.30. The van der Waals surface area contributed by atoms with E-state index in [4.69, 9.17) is 14.2 Å². The number of unbranched alkanes of at least 4 members (excludes halogenated alkanes) is 18. The molecule has 0 heterocycles. The molecule has 0 radical (unpaired) electrons. The Labute approximate surface area is 498 Å². The monoisotopic (exact) mass is 1110 g/mol. The molecule has 0 aromatic carbocycles. The zero-order valence-electron chi connectivity index (χ0n) is 52.0. The first kappa shape index (κ1) is 75.8. The first-order valence-electron chi connectivity index (χ1n) is 32.6. The second-order valence-corrected chi connectivity index (χ2v) is 20.9. The first-order chi connectivity index (χ1) is 40.0. The van der Waals surface area contributed by atoms with Gasteiger partial charge in [-0.2, -0.15) is 0 Å². The largest absolute Gasteiger partial charge is 0.462 e. The van der Waals surface area contributed by atoms with Crippen LogP contribution in [0.2, 0.25) is 0 Å². The van der Waals surface area contributed by atoms with E-state index >= 15 is 0 Å². The molecule has 0 fully saturated rings. The van der Waals surface area contributed by atoms with Crippen molar-refractivity contribution in [3.05, 3.63) is 170 Å². The minimum atomic E-state index is -0.812. The number of hydrogen-bond acceptors (Lipinski definition) is 6. The van der Waals surface area contributed by atoms with Crippen LogP contribution in [0.15, 0.2) is 170 Å². The van der Waals surface area contributed by atoms with E-state index < -0.39 is 6.10 Å². The molecule has 0 rings (SSSR count). The molecule has 0 saturated heterocycles. The van der Waals surface area contributed by atoms with Crippen molar-refractivity contribution in [2.75, 3.05) is 13.2 Å². The van der Waals surface area contributed by atoms with E-state index in [-0.39, 0.29) is 37.5 Å². The average molecular weight is 1120 g/mol. The van der Waals surface area contributed by atoms with E-state index in [0.29, 0.717) is 19.3 Å². The van der Waals surface area contributed by atoms with E-state index in [0.717, 1.165) is 141 Å².